The van der Waals surface area contributed by atoms with Crippen LogP contribution in [0.2, 0.25) is 5.02 Å². The first-order valence-corrected chi connectivity index (χ1v) is 7.09. The van der Waals surface area contributed by atoms with Crippen molar-refractivity contribution in [1.82, 2.24) is 9.97 Å². The van der Waals surface area contributed by atoms with Crippen molar-refractivity contribution >= 4 is 28.9 Å². The molecule has 1 aromatic heterocycles. The molecule has 0 radical (unpaired) electrons. The summed E-state index contributed by atoms with van der Waals surface area (Å²) in [4.78, 5) is 8.94. The summed E-state index contributed by atoms with van der Waals surface area (Å²) in [7, 11) is 1.85. The predicted octanol–water partition coefficient (Wildman–Crippen LogP) is 4.18. The van der Waals surface area contributed by atoms with Gasteiger partial charge in [-0.3, -0.25) is 0 Å². The van der Waals surface area contributed by atoms with E-state index >= 15 is 0 Å². The minimum absolute atomic E-state index is 0.742. The van der Waals surface area contributed by atoms with Gasteiger partial charge >= 0.3 is 0 Å². The second-order valence-electron chi connectivity index (χ2n) is 4.64. The second-order valence-corrected chi connectivity index (χ2v) is 5.05. The third kappa shape index (κ3) is 3.61. The molecule has 1 aromatic carbocycles. The SMILES string of the molecule is CCCc1nc(NC)cc(Nc2ccc(C)c(Cl)c2)n1. The number of aromatic nitrogens is 2. The lowest BCUT2D eigenvalue weighted by atomic mass is 10.2. The summed E-state index contributed by atoms with van der Waals surface area (Å²) in [5.74, 6) is 2.41. The first kappa shape index (κ1) is 14.6. The molecule has 20 heavy (non-hydrogen) atoms. The third-order valence-electron chi connectivity index (χ3n) is 2.95. The van der Waals surface area contributed by atoms with Crippen LogP contribution in [-0.2, 0) is 6.42 Å². The Labute approximate surface area is 124 Å². The van der Waals surface area contributed by atoms with E-state index in [1.165, 1.54) is 0 Å². The van der Waals surface area contributed by atoms with Gasteiger partial charge in [0.2, 0.25) is 0 Å². The number of hydrogen-bond acceptors (Lipinski definition) is 4. The molecular weight excluding hydrogens is 272 g/mol. The molecule has 0 atom stereocenters. The van der Waals surface area contributed by atoms with Crippen molar-refractivity contribution in [3.8, 4) is 0 Å². The number of rotatable bonds is 5. The van der Waals surface area contributed by atoms with Gasteiger partial charge in [-0.2, -0.15) is 0 Å². The first-order chi connectivity index (χ1) is 9.62. The van der Waals surface area contributed by atoms with Gasteiger partial charge in [-0.25, -0.2) is 9.97 Å². The topological polar surface area (TPSA) is 49.8 Å². The van der Waals surface area contributed by atoms with Gasteiger partial charge in [-0.15, -0.1) is 0 Å². The summed E-state index contributed by atoms with van der Waals surface area (Å²) >= 11 is 6.13. The van der Waals surface area contributed by atoms with Gasteiger partial charge in [-0.05, 0) is 31.0 Å². The Kier molecular flexibility index (Phi) is 4.79. The van der Waals surface area contributed by atoms with Crippen LogP contribution < -0.4 is 10.6 Å². The molecule has 2 N–H and O–H groups in total. The molecule has 0 aliphatic rings. The maximum absolute atomic E-state index is 6.13. The van der Waals surface area contributed by atoms with Gasteiger partial charge in [0.25, 0.3) is 0 Å². The molecule has 106 valence electrons. The largest absolute Gasteiger partial charge is 0.373 e. The van der Waals surface area contributed by atoms with Crippen LogP contribution in [0.25, 0.3) is 0 Å². The first-order valence-electron chi connectivity index (χ1n) is 6.71. The van der Waals surface area contributed by atoms with E-state index in [4.69, 9.17) is 11.6 Å². The van der Waals surface area contributed by atoms with Crippen LogP contribution in [0.4, 0.5) is 17.3 Å². The second kappa shape index (κ2) is 6.57. The maximum atomic E-state index is 6.13. The Hall–Kier alpha value is -1.81. The van der Waals surface area contributed by atoms with E-state index in [1.54, 1.807) is 0 Å². The molecule has 0 aliphatic carbocycles. The fourth-order valence-electron chi connectivity index (χ4n) is 1.84. The van der Waals surface area contributed by atoms with E-state index in [0.717, 1.165) is 46.6 Å². The summed E-state index contributed by atoms with van der Waals surface area (Å²) in [5, 5.41) is 7.07. The monoisotopic (exact) mass is 290 g/mol. The standard InChI is InChI=1S/C15H19ClN4/c1-4-5-13-19-14(17-3)9-15(20-13)18-11-7-6-10(2)12(16)8-11/h6-9H,4-5H2,1-3H3,(H2,17,18,19,20). The Bertz CT molecular complexity index is 598. The zero-order valence-corrected chi connectivity index (χ0v) is 12.8. The van der Waals surface area contributed by atoms with Crippen LogP contribution in [0.5, 0.6) is 0 Å². The van der Waals surface area contributed by atoms with Crippen LogP contribution in [0.1, 0.15) is 24.7 Å². The Balaban J connectivity index is 2.27. The number of hydrogen-bond donors (Lipinski definition) is 2. The van der Waals surface area contributed by atoms with E-state index in [2.05, 4.69) is 27.5 Å². The van der Waals surface area contributed by atoms with Crippen LogP contribution in [0.15, 0.2) is 24.3 Å². The molecule has 4 nitrogen and oxygen atoms in total. The molecule has 5 heteroatoms. The zero-order valence-electron chi connectivity index (χ0n) is 12.0. The molecule has 0 bridgehead atoms. The van der Waals surface area contributed by atoms with E-state index in [9.17, 15) is 0 Å². The molecule has 0 unspecified atom stereocenters. The van der Waals surface area contributed by atoms with Gasteiger partial charge in [0.1, 0.15) is 17.5 Å². The van der Waals surface area contributed by atoms with Gasteiger partial charge in [0, 0.05) is 30.2 Å². The average molecular weight is 291 g/mol. The van der Waals surface area contributed by atoms with Crippen molar-refractivity contribution in [2.75, 3.05) is 17.7 Å². The number of nitrogens with one attached hydrogen (secondary N) is 2. The van der Waals surface area contributed by atoms with Crippen molar-refractivity contribution in [1.29, 1.82) is 0 Å². The zero-order chi connectivity index (χ0) is 14.5. The van der Waals surface area contributed by atoms with Gasteiger partial charge in [-0.1, -0.05) is 24.6 Å². The molecule has 0 fully saturated rings. The lowest BCUT2D eigenvalue weighted by molar-refractivity contribution is 0.838. The van der Waals surface area contributed by atoms with Gasteiger partial charge in [0.05, 0.1) is 0 Å². The lowest BCUT2D eigenvalue weighted by Crippen LogP contribution is -2.03. The van der Waals surface area contributed by atoms with E-state index in [1.807, 2.05) is 38.2 Å². The molecule has 0 saturated heterocycles. The number of nitrogens with zero attached hydrogens (tertiary/aromatic N) is 2. The fourth-order valence-corrected chi connectivity index (χ4v) is 2.02. The minimum atomic E-state index is 0.742. The molecule has 0 spiro atoms. The van der Waals surface area contributed by atoms with Crippen molar-refractivity contribution < 1.29 is 0 Å². The molecule has 1 heterocycles. The van der Waals surface area contributed by atoms with Crippen molar-refractivity contribution in [2.24, 2.45) is 0 Å². The normalized spacial score (nSPS) is 10.4. The van der Waals surface area contributed by atoms with Crippen molar-refractivity contribution in [2.45, 2.75) is 26.7 Å². The Morgan fingerprint density at radius 2 is 1.90 bits per heavy atom. The molecule has 2 rings (SSSR count). The number of anilines is 3. The summed E-state index contributed by atoms with van der Waals surface area (Å²) in [5.41, 5.74) is 1.98. The Morgan fingerprint density at radius 1 is 1.15 bits per heavy atom. The maximum Gasteiger partial charge on any atom is 0.136 e. The summed E-state index contributed by atoms with van der Waals surface area (Å²) in [6.45, 7) is 4.09. The lowest BCUT2D eigenvalue weighted by Gasteiger charge is -2.10. The molecule has 0 saturated carbocycles. The van der Waals surface area contributed by atoms with E-state index in [0.29, 0.717) is 0 Å². The number of aryl methyl sites for hydroxylation is 2. The highest BCUT2D eigenvalue weighted by atomic mass is 35.5. The molecule has 0 aliphatic heterocycles. The predicted molar refractivity (Wildman–Crippen MR) is 85.0 cm³/mol. The van der Waals surface area contributed by atoms with Crippen LogP contribution in [0.3, 0.4) is 0 Å². The van der Waals surface area contributed by atoms with Crippen molar-refractivity contribution in [3.63, 3.8) is 0 Å². The smallest absolute Gasteiger partial charge is 0.136 e. The highest BCUT2D eigenvalue weighted by molar-refractivity contribution is 6.31. The highest BCUT2D eigenvalue weighted by Crippen LogP contribution is 2.23. The summed E-state index contributed by atoms with van der Waals surface area (Å²) in [6.07, 6.45) is 1.88. The number of benzene rings is 1. The van der Waals surface area contributed by atoms with Crippen molar-refractivity contribution in [3.05, 3.63) is 40.7 Å². The highest BCUT2D eigenvalue weighted by Gasteiger charge is 2.05. The van der Waals surface area contributed by atoms with Crippen LogP contribution in [0, 0.1) is 6.92 Å². The molecule has 2 aromatic rings. The quantitative estimate of drug-likeness (QED) is 0.867. The van der Waals surface area contributed by atoms with E-state index < -0.39 is 0 Å². The Morgan fingerprint density at radius 3 is 2.55 bits per heavy atom. The average Bonchev–Trinajstić information content (AvgIpc) is 2.43. The molecular formula is C15H19ClN4. The fraction of sp³-hybridized carbons (Fsp3) is 0.333. The summed E-state index contributed by atoms with van der Waals surface area (Å²) in [6, 6.07) is 7.75. The minimum Gasteiger partial charge on any atom is -0.373 e. The van der Waals surface area contributed by atoms with Crippen LogP contribution >= 0.6 is 11.6 Å². The van der Waals surface area contributed by atoms with Crippen LogP contribution in [-0.4, -0.2) is 17.0 Å². The molecule has 0 amide bonds. The summed E-state index contributed by atoms with van der Waals surface area (Å²) < 4.78 is 0. The van der Waals surface area contributed by atoms with Gasteiger partial charge in [0.15, 0.2) is 0 Å². The third-order valence-corrected chi connectivity index (χ3v) is 3.35. The van der Waals surface area contributed by atoms with Gasteiger partial charge < -0.3 is 10.6 Å². The number of halogens is 1. The van der Waals surface area contributed by atoms with E-state index in [-0.39, 0.29) is 0 Å².